The minimum atomic E-state index is -0.280. The van der Waals surface area contributed by atoms with Crippen molar-refractivity contribution in [3.05, 3.63) is 0 Å². The van der Waals surface area contributed by atoms with Crippen molar-refractivity contribution in [2.24, 2.45) is 11.1 Å². The number of aliphatic hydroxyl groups is 1. The first-order valence-electron chi connectivity index (χ1n) is 5.45. The second-order valence-electron chi connectivity index (χ2n) is 5.18. The summed E-state index contributed by atoms with van der Waals surface area (Å²) in [5.41, 5.74) is 6.25. The molecule has 0 aromatic rings. The molecule has 0 radical (unpaired) electrons. The standard InChI is InChI=1S/C11H23NO/c1-11(2)7-4-3-5-9(12)10(13)6-8-11/h9-10,13H,3-8,12H2,1-2H3. The van der Waals surface area contributed by atoms with E-state index < -0.39 is 0 Å². The van der Waals surface area contributed by atoms with Crippen molar-refractivity contribution in [1.82, 2.24) is 0 Å². The zero-order valence-electron chi connectivity index (χ0n) is 8.92. The summed E-state index contributed by atoms with van der Waals surface area (Å²) in [5, 5.41) is 9.71. The van der Waals surface area contributed by atoms with E-state index in [0.717, 1.165) is 19.3 Å². The van der Waals surface area contributed by atoms with E-state index in [-0.39, 0.29) is 12.1 Å². The first kappa shape index (κ1) is 11.0. The number of hydrogen-bond acceptors (Lipinski definition) is 2. The molecule has 1 saturated carbocycles. The van der Waals surface area contributed by atoms with Gasteiger partial charge >= 0.3 is 0 Å². The van der Waals surface area contributed by atoms with Gasteiger partial charge in [-0.15, -0.1) is 0 Å². The van der Waals surface area contributed by atoms with Crippen LogP contribution in [0.2, 0.25) is 0 Å². The molecule has 0 saturated heterocycles. The van der Waals surface area contributed by atoms with Crippen molar-refractivity contribution >= 4 is 0 Å². The largest absolute Gasteiger partial charge is 0.392 e. The van der Waals surface area contributed by atoms with Gasteiger partial charge in [-0.25, -0.2) is 0 Å². The fourth-order valence-electron chi connectivity index (χ4n) is 2.05. The smallest absolute Gasteiger partial charge is 0.0691 e. The van der Waals surface area contributed by atoms with Crippen LogP contribution in [0.15, 0.2) is 0 Å². The highest BCUT2D eigenvalue weighted by atomic mass is 16.3. The van der Waals surface area contributed by atoms with E-state index in [0.29, 0.717) is 5.41 Å². The maximum absolute atomic E-state index is 9.71. The van der Waals surface area contributed by atoms with Crippen molar-refractivity contribution in [2.75, 3.05) is 0 Å². The Hall–Kier alpha value is -0.0800. The van der Waals surface area contributed by atoms with E-state index in [9.17, 15) is 5.11 Å². The van der Waals surface area contributed by atoms with Crippen LogP contribution in [-0.2, 0) is 0 Å². The van der Waals surface area contributed by atoms with Gasteiger partial charge in [-0.05, 0) is 31.1 Å². The van der Waals surface area contributed by atoms with Gasteiger partial charge in [0.2, 0.25) is 0 Å². The molecule has 0 aromatic heterocycles. The Bertz CT molecular complexity index is 156. The van der Waals surface area contributed by atoms with Gasteiger partial charge in [-0.1, -0.05) is 26.7 Å². The normalized spacial score (nSPS) is 36.0. The summed E-state index contributed by atoms with van der Waals surface area (Å²) in [5.74, 6) is 0. The van der Waals surface area contributed by atoms with Crippen molar-refractivity contribution in [3.8, 4) is 0 Å². The molecule has 3 N–H and O–H groups in total. The summed E-state index contributed by atoms with van der Waals surface area (Å²) in [6, 6.07) is 0.00824. The zero-order valence-corrected chi connectivity index (χ0v) is 8.92. The Balaban J connectivity index is 2.49. The molecule has 0 heterocycles. The monoisotopic (exact) mass is 185 g/mol. The lowest BCUT2D eigenvalue weighted by atomic mass is 9.82. The average molecular weight is 185 g/mol. The van der Waals surface area contributed by atoms with Crippen LogP contribution >= 0.6 is 0 Å². The van der Waals surface area contributed by atoms with Crippen molar-refractivity contribution in [1.29, 1.82) is 0 Å². The highest BCUT2D eigenvalue weighted by Crippen LogP contribution is 2.31. The fourth-order valence-corrected chi connectivity index (χ4v) is 2.05. The molecule has 1 aliphatic carbocycles. The third-order valence-corrected chi connectivity index (χ3v) is 3.25. The highest BCUT2D eigenvalue weighted by molar-refractivity contribution is 4.79. The van der Waals surface area contributed by atoms with E-state index in [1.165, 1.54) is 19.3 Å². The second kappa shape index (κ2) is 4.43. The lowest BCUT2D eigenvalue weighted by Crippen LogP contribution is -2.34. The Morgan fingerprint density at radius 1 is 1.15 bits per heavy atom. The summed E-state index contributed by atoms with van der Waals surface area (Å²) >= 11 is 0. The van der Waals surface area contributed by atoms with Crippen LogP contribution in [-0.4, -0.2) is 17.3 Å². The molecule has 78 valence electrons. The van der Waals surface area contributed by atoms with Crippen LogP contribution in [0.5, 0.6) is 0 Å². The molecule has 1 aliphatic rings. The van der Waals surface area contributed by atoms with Gasteiger partial charge in [0.1, 0.15) is 0 Å². The van der Waals surface area contributed by atoms with Crippen LogP contribution < -0.4 is 5.73 Å². The zero-order chi connectivity index (χ0) is 9.90. The van der Waals surface area contributed by atoms with Gasteiger partial charge in [0.05, 0.1) is 6.10 Å². The Morgan fingerprint density at radius 3 is 2.54 bits per heavy atom. The van der Waals surface area contributed by atoms with Crippen molar-refractivity contribution in [3.63, 3.8) is 0 Å². The first-order valence-corrected chi connectivity index (χ1v) is 5.45. The highest BCUT2D eigenvalue weighted by Gasteiger charge is 2.23. The van der Waals surface area contributed by atoms with Gasteiger partial charge in [0.15, 0.2) is 0 Å². The molecule has 13 heavy (non-hydrogen) atoms. The van der Waals surface area contributed by atoms with Gasteiger partial charge in [0.25, 0.3) is 0 Å². The Morgan fingerprint density at radius 2 is 1.85 bits per heavy atom. The van der Waals surface area contributed by atoms with Crippen molar-refractivity contribution < 1.29 is 5.11 Å². The molecule has 2 unspecified atom stereocenters. The quantitative estimate of drug-likeness (QED) is 0.607. The van der Waals surface area contributed by atoms with Crippen LogP contribution in [0.4, 0.5) is 0 Å². The molecule has 0 bridgehead atoms. The van der Waals surface area contributed by atoms with Crippen LogP contribution in [0.25, 0.3) is 0 Å². The number of rotatable bonds is 0. The van der Waals surface area contributed by atoms with Crippen LogP contribution in [0, 0.1) is 5.41 Å². The maximum atomic E-state index is 9.71. The van der Waals surface area contributed by atoms with Gasteiger partial charge in [-0.2, -0.15) is 0 Å². The molecular formula is C11H23NO. The van der Waals surface area contributed by atoms with E-state index >= 15 is 0 Å². The van der Waals surface area contributed by atoms with Crippen LogP contribution in [0.1, 0.15) is 52.4 Å². The lowest BCUT2D eigenvalue weighted by molar-refractivity contribution is 0.117. The number of nitrogens with two attached hydrogens (primary N) is 1. The van der Waals surface area contributed by atoms with E-state index in [1.54, 1.807) is 0 Å². The topological polar surface area (TPSA) is 46.2 Å². The molecule has 2 atom stereocenters. The maximum Gasteiger partial charge on any atom is 0.0691 e. The molecule has 0 aliphatic heterocycles. The molecule has 0 spiro atoms. The lowest BCUT2D eigenvalue weighted by Gasteiger charge is -2.25. The summed E-state index contributed by atoms with van der Waals surface area (Å²) < 4.78 is 0. The predicted octanol–water partition coefficient (Wildman–Crippen LogP) is 2.05. The minimum absolute atomic E-state index is 0.00824. The third-order valence-electron chi connectivity index (χ3n) is 3.25. The molecule has 2 nitrogen and oxygen atoms in total. The van der Waals surface area contributed by atoms with E-state index in [1.807, 2.05) is 0 Å². The SMILES string of the molecule is CC1(C)CCCCC(N)C(O)CC1. The molecular weight excluding hydrogens is 162 g/mol. The number of hydrogen-bond donors (Lipinski definition) is 2. The minimum Gasteiger partial charge on any atom is -0.392 e. The number of aliphatic hydroxyl groups excluding tert-OH is 1. The molecule has 1 rings (SSSR count). The van der Waals surface area contributed by atoms with Crippen molar-refractivity contribution in [2.45, 2.75) is 64.5 Å². The second-order valence-corrected chi connectivity index (χ2v) is 5.18. The van der Waals surface area contributed by atoms with E-state index in [4.69, 9.17) is 5.73 Å². The molecule has 0 amide bonds. The third kappa shape index (κ3) is 3.65. The summed E-state index contributed by atoms with van der Waals surface area (Å²) in [6.07, 6.45) is 6.37. The van der Waals surface area contributed by atoms with Gasteiger partial charge in [0, 0.05) is 6.04 Å². The van der Waals surface area contributed by atoms with E-state index in [2.05, 4.69) is 13.8 Å². The molecule has 0 aromatic carbocycles. The summed E-state index contributed by atoms with van der Waals surface area (Å²) in [6.45, 7) is 4.58. The first-order chi connectivity index (χ1) is 6.01. The predicted molar refractivity (Wildman–Crippen MR) is 55.5 cm³/mol. The molecule has 1 fully saturated rings. The molecule has 2 heteroatoms. The summed E-state index contributed by atoms with van der Waals surface area (Å²) in [4.78, 5) is 0. The average Bonchev–Trinajstić information content (AvgIpc) is 2.11. The Kier molecular flexibility index (Phi) is 3.74. The van der Waals surface area contributed by atoms with Crippen LogP contribution in [0.3, 0.4) is 0 Å². The fraction of sp³-hybridized carbons (Fsp3) is 1.00. The van der Waals surface area contributed by atoms with Gasteiger partial charge < -0.3 is 10.8 Å². The van der Waals surface area contributed by atoms with Gasteiger partial charge in [-0.3, -0.25) is 0 Å². The Labute approximate surface area is 81.5 Å². The summed E-state index contributed by atoms with van der Waals surface area (Å²) in [7, 11) is 0.